The summed E-state index contributed by atoms with van der Waals surface area (Å²) in [5.74, 6) is 1.97. The van der Waals surface area contributed by atoms with Crippen LogP contribution in [0.3, 0.4) is 0 Å². The highest BCUT2D eigenvalue weighted by molar-refractivity contribution is 5.94. The maximum Gasteiger partial charge on any atom is 0.265 e. The van der Waals surface area contributed by atoms with E-state index < -0.39 is 6.10 Å². The van der Waals surface area contributed by atoms with Gasteiger partial charge >= 0.3 is 0 Å². The molecule has 2 rings (SSSR count). The predicted molar refractivity (Wildman–Crippen MR) is 93.9 cm³/mol. The maximum absolute atomic E-state index is 12.4. The van der Waals surface area contributed by atoms with Gasteiger partial charge in [0.05, 0.1) is 13.7 Å². The number of nitrogens with one attached hydrogen (secondary N) is 1. The monoisotopic (exact) mass is 329 g/mol. The Balaban J connectivity index is 1.97. The molecule has 0 fully saturated rings. The number of amides is 1. The van der Waals surface area contributed by atoms with Gasteiger partial charge in [0.1, 0.15) is 17.2 Å². The van der Waals surface area contributed by atoms with Gasteiger partial charge in [-0.05, 0) is 61.9 Å². The van der Waals surface area contributed by atoms with Crippen LogP contribution in [0.25, 0.3) is 0 Å². The summed E-state index contributed by atoms with van der Waals surface area (Å²) >= 11 is 0. The summed E-state index contributed by atoms with van der Waals surface area (Å²) < 4.78 is 16.3. The summed E-state index contributed by atoms with van der Waals surface area (Å²) in [4.78, 5) is 12.4. The summed E-state index contributed by atoms with van der Waals surface area (Å²) in [7, 11) is 1.61. The third kappa shape index (κ3) is 4.91. The van der Waals surface area contributed by atoms with Crippen molar-refractivity contribution in [2.45, 2.75) is 26.4 Å². The van der Waals surface area contributed by atoms with E-state index >= 15 is 0 Å². The Bertz CT molecular complexity index is 637. The first-order valence-electron chi connectivity index (χ1n) is 8.00. The number of rotatable bonds is 8. The highest BCUT2D eigenvalue weighted by Crippen LogP contribution is 2.20. The van der Waals surface area contributed by atoms with Crippen molar-refractivity contribution in [1.82, 2.24) is 0 Å². The summed E-state index contributed by atoms with van der Waals surface area (Å²) in [5.41, 5.74) is 0.709. The van der Waals surface area contributed by atoms with Gasteiger partial charge in [0.25, 0.3) is 5.91 Å². The molecular formula is C19H23NO4. The van der Waals surface area contributed by atoms with Gasteiger partial charge in [-0.25, -0.2) is 0 Å². The molecule has 0 heterocycles. The largest absolute Gasteiger partial charge is 0.497 e. The van der Waals surface area contributed by atoms with Crippen LogP contribution in [0.5, 0.6) is 17.2 Å². The lowest BCUT2D eigenvalue weighted by atomic mass is 10.2. The minimum Gasteiger partial charge on any atom is -0.497 e. The number of hydrogen-bond acceptors (Lipinski definition) is 4. The molecule has 5 heteroatoms. The summed E-state index contributed by atoms with van der Waals surface area (Å²) in [6.07, 6.45) is -0.000472. The van der Waals surface area contributed by atoms with Gasteiger partial charge in [-0.3, -0.25) is 4.79 Å². The van der Waals surface area contributed by atoms with Crippen molar-refractivity contribution in [2.75, 3.05) is 19.0 Å². The van der Waals surface area contributed by atoms with Crippen molar-refractivity contribution in [3.8, 4) is 17.2 Å². The quantitative estimate of drug-likeness (QED) is 0.798. The van der Waals surface area contributed by atoms with Crippen molar-refractivity contribution in [2.24, 2.45) is 0 Å². The van der Waals surface area contributed by atoms with Gasteiger partial charge in [-0.15, -0.1) is 0 Å². The molecule has 2 aromatic carbocycles. The fourth-order valence-corrected chi connectivity index (χ4v) is 2.16. The standard InChI is InChI=1S/C19H23NO4/c1-4-18(24-17-12-10-15(22-3)11-13-17)19(21)20-14-6-8-16(9-7-14)23-5-2/h6-13,18H,4-5H2,1-3H3,(H,20,21)/t18-/m0/s1. The molecule has 24 heavy (non-hydrogen) atoms. The molecular weight excluding hydrogens is 306 g/mol. The van der Waals surface area contributed by atoms with Crippen molar-refractivity contribution in [3.63, 3.8) is 0 Å². The van der Waals surface area contributed by atoms with Crippen LogP contribution in [-0.4, -0.2) is 25.7 Å². The van der Waals surface area contributed by atoms with E-state index in [0.717, 1.165) is 11.5 Å². The molecule has 0 unspecified atom stereocenters. The Labute approximate surface area is 142 Å². The van der Waals surface area contributed by atoms with Crippen LogP contribution < -0.4 is 19.5 Å². The molecule has 1 N–H and O–H groups in total. The van der Waals surface area contributed by atoms with Crippen molar-refractivity contribution in [1.29, 1.82) is 0 Å². The maximum atomic E-state index is 12.4. The molecule has 0 spiro atoms. The molecule has 0 aromatic heterocycles. The Hall–Kier alpha value is -2.69. The lowest BCUT2D eigenvalue weighted by molar-refractivity contribution is -0.122. The molecule has 0 radical (unpaired) electrons. The smallest absolute Gasteiger partial charge is 0.265 e. The van der Waals surface area contributed by atoms with Gasteiger partial charge in [0, 0.05) is 5.69 Å². The Kier molecular flexibility index (Phi) is 6.49. The zero-order valence-corrected chi connectivity index (χ0v) is 14.2. The van der Waals surface area contributed by atoms with E-state index in [2.05, 4.69) is 5.32 Å². The topological polar surface area (TPSA) is 56.8 Å². The average Bonchev–Trinajstić information content (AvgIpc) is 2.62. The molecule has 1 atom stereocenters. The van der Waals surface area contributed by atoms with Crippen LogP contribution in [0.1, 0.15) is 20.3 Å². The van der Waals surface area contributed by atoms with E-state index in [4.69, 9.17) is 14.2 Å². The number of hydrogen-bond donors (Lipinski definition) is 1. The predicted octanol–water partition coefficient (Wildman–Crippen LogP) is 3.89. The van der Waals surface area contributed by atoms with Crippen molar-refractivity contribution in [3.05, 3.63) is 48.5 Å². The van der Waals surface area contributed by atoms with Gasteiger partial charge in [-0.2, -0.15) is 0 Å². The summed E-state index contributed by atoms with van der Waals surface area (Å²) in [6.45, 7) is 4.45. The van der Waals surface area contributed by atoms with Gasteiger partial charge < -0.3 is 19.5 Å². The number of anilines is 1. The lowest BCUT2D eigenvalue weighted by Crippen LogP contribution is -2.32. The van der Waals surface area contributed by atoms with E-state index in [0.29, 0.717) is 24.5 Å². The second-order valence-corrected chi connectivity index (χ2v) is 5.14. The van der Waals surface area contributed by atoms with Gasteiger partial charge in [-0.1, -0.05) is 6.92 Å². The molecule has 0 saturated heterocycles. The number of carbonyl (C=O) groups excluding carboxylic acids is 1. The molecule has 0 aliphatic heterocycles. The van der Waals surface area contributed by atoms with Crippen LogP contribution in [0.15, 0.2) is 48.5 Å². The van der Waals surface area contributed by atoms with Crippen LogP contribution in [0.4, 0.5) is 5.69 Å². The average molecular weight is 329 g/mol. The fourth-order valence-electron chi connectivity index (χ4n) is 2.16. The normalized spacial score (nSPS) is 11.5. The van der Waals surface area contributed by atoms with E-state index in [-0.39, 0.29) is 5.91 Å². The zero-order chi connectivity index (χ0) is 17.4. The van der Waals surface area contributed by atoms with E-state index in [9.17, 15) is 4.79 Å². The summed E-state index contributed by atoms with van der Waals surface area (Å²) in [6, 6.07) is 14.4. The first-order chi connectivity index (χ1) is 11.7. The second-order valence-electron chi connectivity index (χ2n) is 5.14. The Morgan fingerprint density at radius 3 is 2.08 bits per heavy atom. The Morgan fingerprint density at radius 1 is 0.958 bits per heavy atom. The fraction of sp³-hybridized carbons (Fsp3) is 0.316. The molecule has 5 nitrogen and oxygen atoms in total. The third-order valence-corrected chi connectivity index (χ3v) is 3.43. The number of methoxy groups -OCH3 is 1. The highest BCUT2D eigenvalue weighted by Gasteiger charge is 2.18. The van der Waals surface area contributed by atoms with Crippen molar-refractivity contribution < 1.29 is 19.0 Å². The van der Waals surface area contributed by atoms with Crippen LogP contribution >= 0.6 is 0 Å². The van der Waals surface area contributed by atoms with E-state index in [1.807, 2.05) is 38.1 Å². The molecule has 0 saturated carbocycles. The number of ether oxygens (including phenoxy) is 3. The molecule has 0 aliphatic rings. The van der Waals surface area contributed by atoms with Crippen LogP contribution in [0.2, 0.25) is 0 Å². The van der Waals surface area contributed by atoms with Crippen LogP contribution in [-0.2, 0) is 4.79 Å². The first kappa shape index (κ1) is 17.7. The molecule has 0 bridgehead atoms. The number of carbonyl (C=O) groups is 1. The van der Waals surface area contributed by atoms with Gasteiger partial charge in [0.2, 0.25) is 0 Å². The summed E-state index contributed by atoms with van der Waals surface area (Å²) in [5, 5.41) is 2.86. The lowest BCUT2D eigenvalue weighted by Gasteiger charge is -2.17. The van der Waals surface area contributed by atoms with E-state index in [1.54, 1.807) is 31.4 Å². The first-order valence-corrected chi connectivity index (χ1v) is 8.00. The minimum absolute atomic E-state index is 0.183. The van der Waals surface area contributed by atoms with E-state index in [1.165, 1.54) is 0 Å². The highest BCUT2D eigenvalue weighted by atomic mass is 16.5. The third-order valence-electron chi connectivity index (χ3n) is 3.43. The van der Waals surface area contributed by atoms with Gasteiger partial charge in [0.15, 0.2) is 6.10 Å². The Morgan fingerprint density at radius 2 is 1.54 bits per heavy atom. The molecule has 128 valence electrons. The molecule has 1 amide bonds. The second kappa shape index (κ2) is 8.82. The molecule has 0 aliphatic carbocycles. The van der Waals surface area contributed by atoms with Crippen LogP contribution in [0, 0.1) is 0 Å². The SMILES string of the molecule is CCOc1ccc(NC(=O)[C@H](CC)Oc2ccc(OC)cc2)cc1. The van der Waals surface area contributed by atoms with Crippen molar-refractivity contribution >= 4 is 11.6 Å². The number of benzene rings is 2. The minimum atomic E-state index is -0.565. The zero-order valence-electron chi connectivity index (χ0n) is 14.2. The molecule has 2 aromatic rings.